The normalized spacial score (nSPS) is 28.7. The molecule has 2 heterocycles. The van der Waals surface area contributed by atoms with E-state index in [1.807, 2.05) is 0 Å². The van der Waals surface area contributed by atoms with E-state index in [0.29, 0.717) is 12.2 Å². The van der Waals surface area contributed by atoms with Gasteiger partial charge in [-0.15, -0.1) is 0 Å². The van der Waals surface area contributed by atoms with E-state index < -0.39 is 5.60 Å². The number of β-amino-alcohol motifs (C(OH)–C–C–N with tert-alkyl or cyclic N) is 1. The molecule has 1 aromatic heterocycles. The van der Waals surface area contributed by atoms with Gasteiger partial charge < -0.3 is 10.4 Å². The topological polar surface area (TPSA) is 58.0 Å². The molecule has 70 valence electrons. The molecule has 1 aliphatic rings. The first-order valence-corrected chi connectivity index (χ1v) is 4.51. The number of nitrogens with zero attached hydrogens (tertiary/aromatic N) is 2. The lowest BCUT2D eigenvalue weighted by Gasteiger charge is -2.31. The second kappa shape index (κ2) is 3.40. The first-order chi connectivity index (χ1) is 6.31. The fourth-order valence-electron chi connectivity index (χ4n) is 1.65. The van der Waals surface area contributed by atoms with E-state index in [1.165, 1.54) is 0 Å². The molecule has 1 saturated heterocycles. The molecule has 1 fully saturated rings. The fraction of sp³-hybridized carbons (Fsp3) is 0.556. The number of piperidine rings is 1. The maximum Gasteiger partial charge on any atom is 0.120 e. The van der Waals surface area contributed by atoms with Crippen molar-refractivity contribution < 1.29 is 5.11 Å². The van der Waals surface area contributed by atoms with E-state index in [-0.39, 0.29) is 0 Å². The highest BCUT2D eigenvalue weighted by atomic mass is 16.3. The summed E-state index contributed by atoms with van der Waals surface area (Å²) in [5.74, 6) is 0. The molecule has 4 heteroatoms. The zero-order chi connectivity index (χ0) is 9.15. The maximum absolute atomic E-state index is 10.2. The smallest absolute Gasteiger partial charge is 0.120 e. The lowest BCUT2D eigenvalue weighted by molar-refractivity contribution is 0.00788. The molecule has 13 heavy (non-hydrogen) atoms. The van der Waals surface area contributed by atoms with Crippen molar-refractivity contribution in [2.24, 2.45) is 0 Å². The summed E-state index contributed by atoms with van der Waals surface area (Å²) in [6, 6.07) is 0. The lowest BCUT2D eigenvalue weighted by atomic mass is 9.91. The predicted molar refractivity (Wildman–Crippen MR) is 48.0 cm³/mol. The molecular formula is C9H13N3O. The third-order valence-electron chi connectivity index (χ3n) is 2.40. The van der Waals surface area contributed by atoms with E-state index in [2.05, 4.69) is 15.3 Å². The molecule has 1 atom stereocenters. The van der Waals surface area contributed by atoms with E-state index in [0.717, 1.165) is 19.4 Å². The Morgan fingerprint density at radius 3 is 3.00 bits per heavy atom. The molecule has 1 aliphatic heterocycles. The van der Waals surface area contributed by atoms with Crippen LogP contribution in [0.4, 0.5) is 0 Å². The van der Waals surface area contributed by atoms with Crippen molar-refractivity contribution in [1.82, 2.24) is 15.3 Å². The Bertz CT molecular complexity index is 269. The Balaban J connectivity index is 2.23. The Hall–Kier alpha value is -1.00. The van der Waals surface area contributed by atoms with Crippen LogP contribution in [0, 0.1) is 0 Å². The molecule has 4 nitrogen and oxygen atoms in total. The number of nitrogens with one attached hydrogen (secondary N) is 1. The standard InChI is InChI=1S/C9H13N3O/c13-9(2-1-3-11-7-9)8-6-10-4-5-12-8/h4-6,11,13H,1-3,7H2. The first kappa shape index (κ1) is 8.59. The van der Waals surface area contributed by atoms with Crippen LogP contribution in [0.5, 0.6) is 0 Å². The number of hydrogen-bond acceptors (Lipinski definition) is 4. The monoisotopic (exact) mass is 179 g/mol. The molecule has 1 unspecified atom stereocenters. The molecule has 0 spiro atoms. The molecule has 0 aromatic carbocycles. The third-order valence-corrected chi connectivity index (χ3v) is 2.40. The molecule has 0 radical (unpaired) electrons. The van der Waals surface area contributed by atoms with Crippen LogP contribution in [0.2, 0.25) is 0 Å². The van der Waals surface area contributed by atoms with Crippen molar-refractivity contribution in [3.63, 3.8) is 0 Å². The van der Waals surface area contributed by atoms with Crippen LogP contribution in [0.15, 0.2) is 18.6 Å². The summed E-state index contributed by atoms with van der Waals surface area (Å²) in [6.07, 6.45) is 6.60. The van der Waals surface area contributed by atoms with Crippen LogP contribution in [-0.4, -0.2) is 28.2 Å². The van der Waals surface area contributed by atoms with Gasteiger partial charge in [-0.2, -0.15) is 0 Å². The largest absolute Gasteiger partial charge is 0.382 e. The minimum absolute atomic E-state index is 0.575. The van der Waals surface area contributed by atoms with Crippen LogP contribution in [0.3, 0.4) is 0 Å². The van der Waals surface area contributed by atoms with Gasteiger partial charge in [0.05, 0.1) is 11.9 Å². The van der Waals surface area contributed by atoms with Gasteiger partial charge in [0.25, 0.3) is 0 Å². The zero-order valence-electron chi connectivity index (χ0n) is 7.40. The van der Waals surface area contributed by atoms with E-state index in [1.54, 1.807) is 18.6 Å². The van der Waals surface area contributed by atoms with Crippen molar-refractivity contribution in [2.75, 3.05) is 13.1 Å². The fourth-order valence-corrected chi connectivity index (χ4v) is 1.65. The van der Waals surface area contributed by atoms with E-state index >= 15 is 0 Å². The SMILES string of the molecule is OC1(c2cnccn2)CCCNC1. The Labute approximate surface area is 77.0 Å². The first-order valence-electron chi connectivity index (χ1n) is 4.51. The summed E-state index contributed by atoms with van der Waals surface area (Å²) >= 11 is 0. The average Bonchev–Trinajstić information content (AvgIpc) is 2.20. The lowest BCUT2D eigenvalue weighted by Crippen LogP contribution is -2.43. The molecule has 1 aromatic rings. The second-order valence-electron chi connectivity index (χ2n) is 3.40. The predicted octanol–water partition coefficient (Wildman–Crippen LogP) is 0.0476. The van der Waals surface area contributed by atoms with Gasteiger partial charge in [-0.1, -0.05) is 0 Å². The van der Waals surface area contributed by atoms with Crippen molar-refractivity contribution in [3.05, 3.63) is 24.3 Å². The van der Waals surface area contributed by atoms with Crippen LogP contribution in [0.25, 0.3) is 0 Å². The van der Waals surface area contributed by atoms with Crippen molar-refractivity contribution in [3.8, 4) is 0 Å². The van der Waals surface area contributed by atoms with Gasteiger partial charge in [-0.25, -0.2) is 0 Å². The summed E-state index contributed by atoms with van der Waals surface area (Å²) in [7, 11) is 0. The van der Waals surface area contributed by atoms with Gasteiger partial charge in [-0.05, 0) is 19.4 Å². The molecule has 0 amide bonds. The summed E-state index contributed by atoms with van der Waals surface area (Å²) < 4.78 is 0. The number of aromatic nitrogens is 2. The summed E-state index contributed by atoms with van der Waals surface area (Å²) in [5.41, 5.74) is -0.144. The Morgan fingerprint density at radius 1 is 1.46 bits per heavy atom. The highest BCUT2D eigenvalue weighted by Gasteiger charge is 2.32. The quantitative estimate of drug-likeness (QED) is 0.639. The van der Waals surface area contributed by atoms with Crippen LogP contribution < -0.4 is 5.32 Å². The van der Waals surface area contributed by atoms with Crippen LogP contribution in [0.1, 0.15) is 18.5 Å². The van der Waals surface area contributed by atoms with E-state index in [9.17, 15) is 5.11 Å². The van der Waals surface area contributed by atoms with Crippen LogP contribution >= 0.6 is 0 Å². The average molecular weight is 179 g/mol. The van der Waals surface area contributed by atoms with Crippen molar-refractivity contribution in [1.29, 1.82) is 0 Å². The van der Waals surface area contributed by atoms with E-state index in [4.69, 9.17) is 0 Å². The summed E-state index contributed by atoms with van der Waals surface area (Å²) in [5, 5.41) is 13.3. The van der Waals surface area contributed by atoms with Gasteiger partial charge in [0, 0.05) is 18.9 Å². The van der Waals surface area contributed by atoms with Crippen LogP contribution in [-0.2, 0) is 5.60 Å². The zero-order valence-corrected chi connectivity index (χ0v) is 7.40. The highest BCUT2D eigenvalue weighted by molar-refractivity contribution is 5.09. The molecule has 0 bridgehead atoms. The van der Waals surface area contributed by atoms with Gasteiger partial charge in [0.15, 0.2) is 0 Å². The molecule has 2 rings (SSSR count). The highest BCUT2D eigenvalue weighted by Crippen LogP contribution is 2.25. The minimum atomic E-state index is -0.813. The molecule has 0 saturated carbocycles. The minimum Gasteiger partial charge on any atom is -0.382 e. The number of rotatable bonds is 1. The van der Waals surface area contributed by atoms with Gasteiger partial charge in [-0.3, -0.25) is 9.97 Å². The number of aliphatic hydroxyl groups is 1. The second-order valence-corrected chi connectivity index (χ2v) is 3.40. The van der Waals surface area contributed by atoms with Gasteiger partial charge >= 0.3 is 0 Å². The number of hydrogen-bond donors (Lipinski definition) is 2. The van der Waals surface area contributed by atoms with Gasteiger partial charge in [0.2, 0.25) is 0 Å². The third kappa shape index (κ3) is 1.68. The molecular weight excluding hydrogens is 166 g/mol. The summed E-state index contributed by atoms with van der Waals surface area (Å²) in [4.78, 5) is 8.08. The molecule has 2 N–H and O–H groups in total. The van der Waals surface area contributed by atoms with Gasteiger partial charge in [0.1, 0.15) is 5.60 Å². The van der Waals surface area contributed by atoms with Crippen molar-refractivity contribution in [2.45, 2.75) is 18.4 Å². The molecule has 0 aliphatic carbocycles. The maximum atomic E-state index is 10.2. The Kier molecular flexibility index (Phi) is 2.24. The van der Waals surface area contributed by atoms with Crippen molar-refractivity contribution >= 4 is 0 Å². The Morgan fingerprint density at radius 2 is 2.38 bits per heavy atom. The summed E-state index contributed by atoms with van der Waals surface area (Å²) in [6.45, 7) is 1.55.